The molecule has 0 saturated carbocycles. The Balaban J connectivity index is 1.53. The minimum absolute atomic E-state index is 0.0688. The molecule has 0 saturated heterocycles. The average Bonchev–Trinajstić information content (AvgIpc) is 2.93. The number of hydrogen-bond donors (Lipinski definition) is 4. The summed E-state index contributed by atoms with van der Waals surface area (Å²) in [5.74, 6) is 0.374. The topological polar surface area (TPSA) is 155 Å². The molecule has 0 aliphatic carbocycles. The lowest BCUT2D eigenvalue weighted by atomic mass is 10.2. The summed E-state index contributed by atoms with van der Waals surface area (Å²) in [7, 11) is -4.57. The molecule has 234 valence electrons. The van der Waals surface area contributed by atoms with Crippen molar-refractivity contribution in [2.45, 2.75) is 28.8 Å². The van der Waals surface area contributed by atoms with Gasteiger partial charge in [-0.15, -0.1) is 0 Å². The average molecular weight is 644 g/mol. The van der Waals surface area contributed by atoms with Crippen LogP contribution in [0.1, 0.15) is 17.5 Å². The molecule has 17 heteroatoms. The molecular formula is C26H32F3N7O5S2. The second-order valence-corrected chi connectivity index (χ2v) is 13.4. The van der Waals surface area contributed by atoms with E-state index >= 15 is 0 Å². The Hall–Kier alpha value is -3.51. The van der Waals surface area contributed by atoms with Gasteiger partial charge in [-0.25, -0.2) is 31.3 Å². The first-order chi connectivity index (χ1) is 20.2. The lowest BCUT2D eigenvalue weighted by Gasteiger charge is -2.17. The molecule has 3 aromatic rings. The predicted octanol–water partition coefficient (Wildman–Crippen LogP) is 2.79. The van der Waals surface area contributed by atoms with Crippen molar-refractivity contribution in [3.63, 3.8) is 0 Å². The third kappa shape index (κ3) is 8.76. The summed E-state index contributed by atoms with van der Waals surface area (Å²) < 4.78 is 102. The van der Waals surface area contributed by atoms with Gasteiger partial charge in [-0.3, -0.25) is 0 Å². The van der Waals surface area contributed by atoms with Gasteiger partial charge >= 0.3 is 6.18 Å². The first-order valence-electron chi connectivity index (χ1n) is 13.2. The van der Waals surface area contributed by atoms with Crippen molar-refractivity contribution in [3.05, 3.63) is 59.8 Å². The number of ether oxygens (including phenoxy) is 1. The molecule has 0 radical (unpaired) electrons. The fraction of sp³-hybridized carbons (Fsp3) is 0.385. The summed E-state index contributed by atoms with van der Waals surface area (Å²) >= 11 is 0. The maximum absolute atomic E-state index is 13.4. The summed E-state index contributed by atoms with van der Waals surface area (Å²) in [4.78, 5) is 9.99. The number of hydrogen-bond acceptors (Lipinski definition) is 10. The Labute approximate surface area is 248 Å². The van der Waals surface area contributed by atoms with Crippen molar-refractivity contribution in [3.8, 4) is 5.75 Å². The first kappa shape index (κ1) is 32.4. The molecule has 4 rings (SSSR count). The first-order valence-corrected chi connectivity index (χ1v) is 16.2. The molecule has 43 heavy (non-hydrogen) atoms. The lowest BCUT2D eigenvalue weighted by molar-refractivity contribution is -0.137. The fourth-order valence-electron chi connectivity index (χ4n) is 4.01. The molecule has 1 aromatic heterocycles. The summed E-state index contributed by atoms with van der Waals surface area (Å²) in [5, 5.41) is 6.08. The number of fused-ring (bicyclic) bond motifs is 4. The Morgan fingerprint density at radius 2 is 1.91 bits per heavy atom. The second-order valence-electron chi connectivity index (χ2n) is 9.86. The van der Waals surface area contributed by atoms with Gasteiger partial charge in [0.25, 0.3) is 0 Å². The zero-order valence-electron chi connectivity index (χ0n) is 23.4. The largest absolute Gasteiger partial charge is 0.491 e. The van der Waals surface area contributed by atoms with Crippen LogP contribution in [0.2, 0.25) is 0 Å². The molecule has 1 aliphatic rings. The van der Waals surface area contributed by atoms with E-state index in [1.54, 1.807) is 31.1 Å². The van der Waals surface area contributed by atoms with Gasteiger partial charge in [-0.05, 0) is 63.3 Å². The molecule has 0 amide bonds. The smallest absolute Gasteiger partial charge is 0.416 e. The van der Waals surface area contributed by atoms with Gasteiger partial charge in [-0.2, -0.15) is 18.2 Å². The van der Waals surface area contributed by atoms with Crippen LogP contribution >= 0.6 is 0 Å². The molecule has 2 heterocycles. The zero-order chi connectivity index (χ0) is 31.3. The standard InChI is InChI=1S/C26H32F3N7O5S2/c1-36(2)13-14-41-22-8-7-19(26(27,28)29)15-23(22)43(39,40)33-12-9-18-17-31-25-34-20-5-3-6-21(16-20)42(37,38)32-11-4-10-30-24(18)35-25/h3,5-8,15-17,32-33H,4,9-14H2,1-2H3,(H2,30,31,34,35). The van der Waals surface area contributed by atoms with Crippen LogP contribution in [0.15, 0.2) is 58.5 Å². The van der Waals surface area contributed by atoms with E-state index in [9.17, 15) is 30.0 Å². The van der Waals surface area contributed by atoms with Gasteiger partial charge < -0.3 is 20.3 Å². The number of halogens is 3. The van der Waals surface area contributed by atoms with E-state index in [1.807, 2.05) is 0 Å². The van der Waals surface area contributed by atoms with E-state index in [0.29, 0.717) is 42.6 Å². The van der Waals surface area contributed by atoms with E-state index in [0.717, 1.165) is 12.1 Å². The third-order valence-corrected chi connectivity index (χ3v) is 9.19. The number of anilines is 3. The molecule has 1 aliphatic heterocycles. The molecule has 0 spiro atoms. The van der Waals surface area contributed by atoms with Crippen LogP contribution in [0.25, 0.3) is 0 Å². The second kappa shape index (κ2) is 13.4. The summed E-state index contributed by atoms with van der Waals surface area (Å²) in [6, 6.07) is 8.49. The molecule has 0 atom stereocenters. The normalized spacial score (nSPS) is 15.4. The van der Waals surface area contributed by atoms with Crippen molar-refractivity contribution in [2.24, 2.45) is 0 Å². The molecule has 0 fully saturated rings. The number of aromatic nitrogens is 2. The number of sulfonamides is 2. The van der Waals surface area contributed by atoms with Crippen molar-refractivity contribution in [1.29, 1.82) is 0 Å². The van der Waals surface area contributed by atoms with E-state index in [1.165, 1.54) is 18.3 Å². The Bertz CT molecular complexity index is 1650. The monoisotopic (exact) mass is 643 g/mol. The summed E-state index contributed by atoms with van der Waals surface area (Å²) in [6.07, 6.45) is -2.74. The highest BCUT2D eigenvalue weighted by molar-refractivity contribution is 7.89. The van der Waals surface area contributed by atoms with Gasteiger partial charge in [0.05, 0.1) is 10.5 Å². The van der Waals surface area contributed by atoms with Gasteiger partial charge in [0.1, 0.15) is 23.1 Å². The number of benzene rings is 2. The van der Waals surface area contributed by atoms with E-state index in [4.69, 9.17) is 4.74 Å². The Kier molecular flexibility index (Phi) is 10.1. The van der Waals surface area contributed by atoms with E-state index in [-0.39, 0.29) is 42.7 Å². The number of nitrogens with one attached hydrogen (secondary N) is 4. The highest BCUT2D eigenvalue weighted by atomic mass is 32.2. The van der Waals surface area contributed by atoms with Crippen LogP contribution in [0.5, 0.6) is 5.75 Å². The quantitative estimate of drug-likeness (QED) is 0.274. The molecule has 2 aromatic carbocycles. The van der Waals surface area contributed by atoms with Crippen molar-refractivity contribution in [2.75, 3.05) is 57.5 Å². The number of likely N-dealkylation sites (N-methyl/N-ethyl adjacent to an activating group) is 1. The lowest BCUT2D eigenvalue weighted by Crippen LogP contribution is -2.28. The van der Waals surface area contributed by atoms with Crippen LogP contribution < -0.4 is 24.8 Å². The number of alkyl halides is 3. The fourth-order valence-corrected chi connectivity index (χ4v) is 6.33. The number of nitrogens with zero attached hydrogens (tertiary/aromatic N) is 3. The third-order valence-electron chi connectivity index (χ3n) is 6.25. The SMILES string of the molecule is CN(C)CCOc1ccc(C(F)(F)F)cc1S(=O)(=O)NCCc1cnc2nc1NCCCNS(=O)(=O)c1cccc(c1)N2. The highest BCUT2D eigenvalue weighted by Crippen LogP contribution is 2.34. The Morgan fingerprint density at radius 3 is 2.65 bits per heavy atom. The molecule has 4 N–H and O–H groups in total. The zero-order valence-corrected chi connectivity index (χ0v) is 25.0. The molecule has 12 nitrogen and oxygen atoms in total. The highest BCUT2D eigenvalue weighted by Gasteiger charge is 2.33. The maximum atomic E-state index is 13.4. The van der Waals surface area contributed by atoms with Gasteiger partial charge in [0.15, 0.2) is 0 Å². The van der Waals surface area contributed by atoms with Crippen LogP contribution in [-0.4, -0.2) is 78.6 Å². The van der Waals surface area contributed by atoms with Gasteiger partial charge in [0, 0.05) is 43.6 Å². The minimum Gasteiger partial charge on any atom is -0.491 e. The van der Waals surface area contributed by atoms with Gasteiger partial charge in [-0.1, -0.05) is 6.07 Å². The van der Waals surface area contributed by atoms with E-state index in [2.05, 4.69) is 30.0 Å². The van der Waals surface area contributed by atoms with Crippen LogP contribution in [0, 0.1) is 0 Å². The maximum Gasteiger partial charge on any atom is 0.416 e. The number of rotatable bonds is 9. The van der Waals surface area contributed by atoms with Crippen LogP contribution in [0.3, 0.4) is 0 Å². The van der Waals surface area contributed by atoms with Crippen molar-refractivity contribution >= 4 is 37.5 Å². The summed E-state index contributed by atoms with van der Waals surface area (Å²) in [5.41, 5.74) is -0.144. The van der Waals surface area contributed by atoms with Gasteiger partial charge in [0.2, 0.25) is 26.0 Å². The molecule has 4 bridgehead atoms. The van der Waals surface area contributed by atoms with E-state index < -0.39 is 36.7 Å². The minimum atomic E-state index is -4.75. The molecule has 0 unspecified atom stereocenters. The van der Waals surface area contributed by atoms with Crippen LogP contribution in [-0.2, 0) is 32.6 Å². The summed E-state index contributed by atoms with van der Waals surface area (Å²) in [6.45, 7) is 0.816. The van der Waals surface area contributed by atoms with Crippen molar-refractivity contribution in [1.82, 2.24) is 24.3 Å². The predicted molar refractivity (Wildman–Crippen MR) is 154 cm³/mol. The molecular weight excluding hydrogens is 611 g/mol. The Morgan fingerprint density at radius 1 is 1.12 bits per heavy atom. The van der Waals surface area contributed by atoms with Crippen molar-refractivity contribution < 1.29 is 34.7 Å². The van der Waals surface area contributed by atoms with Crippen LogP contribution in [0.4, 0.5) is 30.6 Å².